The average Bonchev–Trinajstić information content (AvgIpc) is 3.14. The van der Waals surface area contributed by atoms with Gasteiger partial charge in [0.2, 0.25) is 5.91 Å². The number of piperidine rings is 1. The van der Waals surface area contributed by atoms with Gasteiger partial charge in [0.15, 0.2) is 5.96 Å². The van der Waals surface area contributed by atoms with Crippen LogP contribution in [0.1, 0.15) is 50.6 Å². The second-order valence-corrected chi connectivity index (χ2v) is 8.80. The first-order chi connectivity index (χ1) is 14.6. The number of guanidine groups is 1. The minimum Gasteiger partial charge on any atom is -0.357 e. The first kappa shape index (κ1) is 26.2. The maximum Gasteiger partial charge on any atom is 0.222 e. The number of carbonyl (C=O) groups excluding carboxylic acids is 1. The van der Waals surface area contributed by atoms with Crippen LogP contribution in [0.3, 0.4) is 0 Å². The van der Waals surface area contributed by atoms with Crippen molar-refractivity contribution >= 4 is 47.4 Å². The fourth-order valence-corrected chi connectivity index (χ4v) is 4.83. The normalized spacial score (nSPS) is 22.4. The van der Waals surface area contributed by atoms with E-state index in [4.69, 9.17) is 16.6 Å². The standard InChI is InChI=1S/C23H36ClN5O.HI/c1-3-25-23(26-12-7-15-29-14-6-11-21(29)30)27-17-19-9-5-13-28(2)22(19)18-8-4-10-20(24)16-18;/h4,8,10,16,19,22H,3,5-7,9,11-15,17H2,1-2H3,(H2,25,26,27);1H. The molecule has 2 saturated heterocycles. The SMILES string of the molecule is CCNC(=NCC1CCCN(C)C1c1cccc(Cl)c1)NCCCN1CCCC1=O.I. The number of benzene rings is 1. The minimum atomic E-state index is 0. The van der Waals surface area contributed by atoms with Crippen molar-refractivity contribution in [3.8, 4) is 0 Å². The summed E-state index contributed by atoms with van der Waals surface area (Å²) < 4.78 is 0. The Balaban J connectivity index is 0.00000341. The molecule has 31 heavy (non-hydrogen) atoms. The zero-order valence-corrected chi connectivity index (χ0v) is 21.9. The molecule has 0 aromatic heterocycles. The molecule has 0 aliphatic carbocycles. The number of nitrogens with zero attached hydrogens (tertiary/aromatic N) is 3. The summed E-state index contributed by atoms with van der Waals surface area (Å²) >= 11 is 6.26. The molecule has 2 atom stereocenters. The van der Waals surface area contributed by atoms with Gasteiger partial charge in [-0.05, 0) is 69.8 Å². The van der Waals surface area contributed by atoms with Crippen LogP contribution in [-0.2, 0) is 4.79 Å². The van der Waals surface area contributed by atoms with E-state index in [9.17, 15) is 4.79 Å². The molecule has 2 aliphatic heterocycles. The first-order valence-corrected chi connectivity index (χ1v) is 11.7. The van der Waals surface area contributed by atoms with Crippen molar-refractivity contribution in [3.05, 3.63) is 34.9 Å². The van der Waals surface area contributed by atoms with Crippen molar-refractivity contribution in [3.63, 3.8) is 0 Å². The Kier molecular flexibility index (Phi) is 11.4. The lowest BCUT2D eigenvalue weighted by Crippen LogP contribution is -2.41. The third kappa shape index (κ3) is 7.79. The van der Waals surface area contributed by atoms with Crippen LogP contribution in [-0.4, -0.2) is 68.0 Å². The maximum absolute atomic E-state index is 11.7. The highest BCUT2D eigenvalue weighted by atomic mass is 127. The van der Waals surface area contributed by atoms with E-state index in [2.05, 4.69) is 41.6 Å². The molecule has 2 heterocycles. The summed E-state index contributed by atoms with van der Waals surface area (Å²) in [4.78, 5) is 21.0. The largest absolute Gasteiger partial charge is 0.357 e. The summed E-state index contributed by atoms with van der Waals surface area (Å²) in [6, 6.07) is 8.58. The monoisotopic (exact) mass is 561 g/mol. The van der Waals surface area contributed by atoms with E-state index < -0.39 is 0 Å². The third-order valence-corrected chi connectivity index (χ3v) is 6.33. The van der Waals surface area contributed by atoms with Crippen LogP contribution in [0.5, 0.6) is 0 Å². The fourth-order valence-electron chi connectivity index (χ4n) is 4.64. The fraction of sp³-hybridized carbons (Fsp3) is 0.652. The molecule has 1 aromatic rings. The summed E-state index contributed by atoms with van der Waals surface area (Å²) in [6.45, 7) is 7.36. The predicted molar refractivity (Wildman–Crippen MR) is 139 cm³/mol. The van der Waals surface area contributed by atoms with Gasteiger partial charge in [-0.3, -0.25) is 14.7 Å². The molecular formula is C23H37ClIN5O. The lowest BCUT2D eigenvalue weighted by molar-refractivity contribution is -0.127. The van der Waals surface area contributed by atoms with E-state index in [0.29, 0.717) is 24.3 Å². The summed E-state index contributed by atoms with van der Waals surface area (Å²) in [5.41, 5.74) is 1.28. The van der Waals surface area contributed by atoms with Crippen LogP contribution in [0, 0.1) is 5.92 Å². The lowest BCUT2D eigenvalue weighted by atomic mass is 9.85. The molecule has 0 bridgehead atoms. The molecule has 0 spiro atoms. The zero-order valence-electron chi connectivity index (χ0n) is 18.8. The van der Waals surface area contributed by atoms with Crippen LogP contribution in [0.25, 0.3) is 0 Å². The van der Waals surface area contributed by atoms with E-state index in [1.807, 2.05) is 17.0 Å². The van der Waals surface area contributed by atoms with Crippen LogP contribution in [0.15, 0.2) is 29.3 Å². The van der Waals surface area contributed by atoms with Gasteiger partial charge in [-0.1, -0.05) is 23.7 Å². The third-order valence-electron chi connectivity index (χ3n) is 6.09. The molecule has 3 rings (SSSR count). The van der Waals surface area contributed by atoms with Gasteiger partial charge in [0.25, 0.3) is 0 Å². The zero-order chi connectivity index (χ0) is 21.3. The molecular weight excluding hydrogens is 525 g/mol. The van der Waals surface area contributed by atoms with Gasteiger partial charge < -0.3 is 15.5 Å². The first-order valence-electron chi connectivity index (χ1n) is 11.3. The van der Waals surface area contributed by atoms with Crippen LogP contribution < -0.4 is 10.6 Å². The highest BCUT2D eigenvalue weighted by molar-refractivity contribution is 14.0. The average molecular weight is 562 g/mol. The number of hydrogen-bond donors (Lipinski definition) is 2. The number of nitrogens with one attached hydrogen (secondary N) is 2. The molecule has 6 nitrogen and oxygen atoms in total. The summed E-state index contributed by atoms with van der Waals surface area (Å²) in [5, 5.41) is 7.59. The van der Waals surface area contributed by atoms with Gasteiger partial charge in [-0.15, -0.1) is 24.0 Å². The van der Waals surface area contributed by atoms with Gasteiger partial charge in [-0.2, -0.15) is 0 Å². The van der Waals surface area contributed by atoms with Gasteiger partial charge in [0.1, 0.15) is 0 Å². The number of likely N-dealkylation sites (tertiary alicyclic amines) is 2. The number of halogens is 2. The Labute approximate surface area is 209 Å². The van der Waals surface area contributed by atoms with E-state index >= 15 is 0 Å². The van der Waals surface area contributed by atoms with Gasteiger partial charge in [0, 0.05) is 50.2 Å². The molecule has 1 aromatic carbocycles. The quantitative estimate of drug-likeness (QED) is 0.219. The molecule has 0 saturated carbocycles. The molecule has 8 heteroatoms. The predicted octanol–water partition coefficient (Wildman–Crippen LogP) is 3.91. The maximum atomic E-state index is 11.7. The molecule has 2 N–H and O–H groups in total. The van der Waals surface area contributed by atoms with Crippen molar-refractivity contribution in [2.24, 2.45) is 10.9 Å². The van der Waals surface area contributed by atoms with E-state index in [1.165, 1.54) is 18.4 Å². The Bertz CT molecular complexity index is 732. The highest BCUT2D eigenvalue weighted by Gasteiger charge is 2.30. The Hall–Kier alpha value is -1.06. The number of amides is 1. The Morgan fingerprint density at radius 2 is 2.10 bits per heavy atom. The summed E-state index contributed by atoms with van der Waals surface area (Å²) in [7, 11) is 2.20. The summed E-state index contributed by atoms with van der Waals surface area (Å²) in [5.74, 6) is 1.62. The molecule has 174 valence electrons. The van der Waals surface area contributed by atoms with Crippen molar-refractivity contribution in [2.75, 3.05) is 46.3 Å². The molecule has 0 radical (unpaired) electrons. The van der Waals surface area contributed by atoms with Crippen molar-refractivity contribution in [1.29, 1.82) is 0 Å². The van der Waals surface area contributed by atoms with E-state index in [0.717, 1.165) is 63.1 Å². The van der Waals surface area contributed by atoms with E-state index in [-0.39, 0.29) is 24.0 Å². The van der Waals surface area contributed by atoms with Gasteiger partial charge in [-0.25, -0.2) is 0 Å². The van der Waals surface area contributed by atoms with E-state index in [1.54, 1.807) is 0 Å². The van der Waals surface area contributed by atoms with Gasteiger partial charge in [0.05, 0.1) is 0 Å². The molecule has 1 amide bonds. The Morgan fingerprint density at radius 1 is 1.26 bits per heavy atom. The Morgan fingerprint density at radius 3 is 2.81 bits per heavy atom. The number of aliphatic imine (C=N–C) groups is 1. The minimum absolute atomic E-state index is 0. The topological polar surface area (TPSA) is 60.0 Å². The lowest BCUT2D eigenvalue weighted by Gasteiger charge is -2.39. The molecule has 2 fully saturated rings. The van der Waals surface area contributed by atoms with Crippen molar-refractivity contribution in [2.45, 2.75) is 45.1 Å². The smallest absolute Gasteiger partial charge is 0.222 e. The van der Waals surface area contributed by atoms with Crippen LogP contribution in [0.4, 0.5) is 0 Å². The second-order valence-electron chi connectivity index (χ2n) is 8.37. The molecule has 2 unspecified atom stereocenters. The highest BCUT2D eigenvalue weighted by Crippen LogP contribution is 2.36. The van der Waals surface area contributed by atoms with Crippen LogP contribution in [0.2, 0.25) is 5.02 Å². The van der Waals surface area contributed by atoms with Crippen molar-refractivity contribution < 1.29 is 4.79 Å². The molecule has 2 aliphatic rings. The van der Waals surface area contributed by atoms with Crippen molar-refractivity contribution in [1.82, 2.24) is 20.4 Å². The number of rotatable bonds is 8. The second kappa shape index (κ2) is 13.5. The number of carbonyl (C=O) groups is 1. The van der Waals surface area contributed by atoms with Gasteiger partial charge >= 0.3 is 0 Å². The van der Waals surface area contributed by atoms with Crippen LogP contribution >= 0.6 is 35.6 Å². The summed E-state index contributed by atoms with van der Waals surface area (Å²) in [6.07, 6.45) is 5.01. The number of hydrogen-bond acceptors (Lipinski definition) is 3.